The van der Waals surface area contributed by atoms with Gasteiger partial charge in [-0.05, 0) is 27.2 Å². The van der Waals surface area contributed by atoms with E-state index in [9.17, 15) is 10.2 Å². The van der Waals surface area contributed by atoms with Crippen molar-refractivity contribution in [2.24, 2.45) is 0 Å². The lowest BCUT2D eigenvalue weighted by atomic mass is 10.1. The van der Waals surface area contributed by atoms with E-state index in [1.54, 1.807) is 10.9 Å². The van der Waals surface area contributed by atoms with E-state index in [4.69, 9.17) is 5.11 Å². The standard InChI is InChI=1S/C11H20N2O3/c1-11(2,3)13-7-8(6-12-13)10(16)9(15)4-5-14/h6-7,9-10,14-16H,4-5H2,1-3H3. The van der Waals surface area contributed by atoms with Gasteiger partial charge in [0.1, 0.15) is 6.10 Å². The Labute approximate surface area is 95.3 Å². The van der Waals surface area contributed by atoms with Gasteiger partial charge in [0.25, 0.3) is 0 Å². The van der Waals surface area contributed by atoms with Gasteiger partial charge in [-0.15, -0.1) is 0 Å². The van der Waals surface area contributed by atoms with E-state index in [1.165, 1.54) is 6.20 Å². The van der Waals surface area contributed by atoms with Crippen molar-refractivity contribution in [1.82, 2.24) is 9.78 Å². The highest BCUT2D eigenvalue weighted by atomic mass is 16.3. The maximum atomic E-state index is 9.78. The Balaban J connectivity index is 2.78. The predicted octanol–water partition coefficient (Wildman–Crippen LogP) is 0.415. The number of hydrogen-bond acceptors (Lipinski definition) is 4. The molecule has 1 aromatic rings. The van der Waals surface area contributed by atoms with Crippen LogP contribution in [0.4, 0.5) is 0 Å². The van der Waals surface area contributed by atoms with Crippen molar-refractivity contribution in [3.63, 3.8) is 0 Å². The lowest BCUT2D eigenvalue weighted by Crippen LogP contribution is -2.22. The van der Waals surface area contributed by atoms with E-state index in [0.29, 0.717) is 5.56 Å². The molecule has 0 aliphatic carbocycles. The summed E-state index contributed by atoms with van der Waals surface area (Å²) < 4.78 is 1.73. The second-order valence-corrected chi connectivity index (χ2v) is 4.91. The average molecular weight is 228 g/mol. The molecule has 0 saturated heterocycles. The Morgan fingerprint density at radius 1 is 1.38 bits per heavy atom. The highest BCUT2D eigenvalue weighted by molar-refractivity contribution is 5.10. The lowest BCUT2D eigenvalue weighted by Gasteiger charge is -2.19. The maximum Gasteiger partial charge on any atom is 0.108 e. The molecule has 0 aliphatic heterocycles. The van der Waals surface area contributed by atoms with Gasteiger partial charge >= 0.3 is 0 Å². The van der Waals surface area contributed by atoms with Crippen LogP contribution in [0.15, 0.2) is 12.4 Å². The molecule has 2 unspecified atom stereocenters. The van der Waals surface area contributed by atoms with Gasteiger partial charge in [-0.1, -0.05) is 0 Å². The van der Waals surface area contributed by atoms with Crippen LogP contribution in [-0.2, 0) is 5.54 Å². The molecule has 2 atom stereocenters. The number of aliphatic hydroxyl groups excluding tert-OH is 3. The molecule has 0 radical (unpaired) electrons. The zero-order valence-electron chi connectivity index (χ0n) is 9.96. The van der Waals surface area contributed by atoms with Crippen molar-refractivity contribution in [3.05, 3.63) is 18.0 Å². The molecular formula is C11H20N2O3. The van der Waals surface area contributed by atoms with Crippen molar-refractivity contribution >= 4 is 0 Å². The van der Waals surface area contributed by atoms with Crippen LogP contribution in [0.2, 0.25) is 0 Å². The van der Waals surface area contributed by atoms with Crippen LogP contribution in [0.3, 0.4) is 0 Å². The minimum Gasteiger partial charge on any atom is -0.396 e. The summed E-state index contributed by atoms with van der Waals surface area (Å²) in [5.74, 6) is 0. The molecule has 0 spiro atoms. The van der Waals surface area contributed by atoms with Gasteiger partial charge in [-0.2, -0.15) is 5.10 Å². The summed E-state index contributed by atoms with van der Waals surface area (Å²) in [5, 5.41) is 32.1. The van der Waals surface area contributed by atoms with Crippen LogP contribution in [0.1, 0.15) is 38.9 Å². The molecule has 0 aromatic carbocycles. The van der Waals surface area contributed by atoms with E-state index >= 15 is 0 Å². The van der Waals surface area contributed by atoms with Crippen molar-refractivity contribution in [2.45, 2.75) is 44.9 Å². The van der Waals surface area contributed by atoms with E-state index in [1.807, 2.05) is 20.8 Å². The SMILES string of the molecule is CC(C)(C)n1cc(C(O)C(O)CCO)cn1. The van der Waals surface area contributed by atoms with Crippen molar-refractivity contribution in [1.29, 1.82) is 0 Å². The first kappa shape index (κ1) is 13.2. The number of aliphatic hydroxyl groups is 3. The zero-order chi connectivity index (χ0) is 12.3. The third-order valence-corrected chi connectivity index (χ3v) is 2.42. The zero-order valence-corrected chi connectivity index (χ0v) is 9.96. The normalized spacial score (nSPS) is 16.1. The van der Waals surface area contributed by atoms with Crippen molar-refractivity contribution in [3.8, 4) is 0 Å². The maximum absolute atomic E-state index is 9.78. The summed E-state index contributed by atoms with van der Waals surface area (Å²) in [7, 11) is 0. The molecule has 5 heteroatoms. The first-order valence-electron chi connectivity index (χ1n) is 5.38. The van der Waals surface area contributed by atoms with Crippen LogP contribution < -0.4 is 0 Å². The molecule has 0 aliphatic rings. The molecule has 3 N–H and O–H groups in total. The summed E-state index contributed by atoms with van der Waals surface area (Å²) in [4.78, 5) is 0. The van der Waals surface area contributed by atoms with Gasteiger partial charge in [0, 0.05) is 18.4 Å². The van der Waals surface area contributed by atoms with Crippen molar-refractivity contribution < 1.29 is 15.3 Å². The Kier molecular flexibility index (Phi) is 4.07. The van der Waals surface area contributed by atoms with Crippen LogP contribution in [0.25, 0.3) is 0 Å². The van der Waals surface area contributed by atoms with Crippen LogP contribution >= 0.6 is 0 Å². The predicted molar refractivity (Wildman–Crippen MR) is 59.9 cm³/mol. The quantitative estimate of drug-likeness (QED) is 0.697. The largest absolute Gasteiger partial charge is 0.396 e. The minimum atomic E-state index is -0.997. The van der Waals surface area contributed by atoms with Gasteiger partial charge < -0.3 is 15.3 Å². The highest BCUT2D eigenvalue weighted by Gasteiger charge is 2.21. The van der Waals surface area contributed by atoms with E-state index < -0.39 is 12.2 Å². The molecule has 1 heterocycles. The summed E-state index contributed by atoms with van der Waals surface area (Å²) >= 11 is 0. The van der Waals surface area contributed by atoms with E-state index in [-0.39, 0.29) is 18.6 Å². The summed E-state index contributed by atoms with van der Waals surface area (Å²) in [5.41, 5.74) is 0.413. The third kappa shape index (κ3) is 3.04. The molecule has 92 valence electrons. The second-order valence-electron chi connectivity index (χ2n) is 4.91. The smallest absolute Gasteiger partial charge is 0.108 e. The number of nitrogens with zero attached hydrogens (tertiary/aromatic N) is 2. The molecule has 1 aromatic heterocycles. The van der Waals surface area contributed by atoms with Gasteiger partial charge in [0.05, 0.1) is 17.8 Å². The fraction of sp³-hybridized carbons (Fsp3) is 0.727. The molecule has 5 nitrogen and oxygen atoms in total. The molecule has 16 heavy (non-hydrogen) atoms. The molecule has 0 saturated carbocycles. The van der Waals surface area contributed by atoms with Crippen molar-refractivity contribution in [2.75, 3.05) is 6.61 Å². The molecule has 0 fully saturated rings. The molecule has 0 bridgehead atoms. The topological polar surface area (TPSA) is 78.5 Å². The molecular weight excluding hydrogens is 208 g/mol. The van der Waals surface area contributed by atoms with E-state index in [0.717, 1.165) is 0 Å². The van der Waals surface area contributed by atoms with Gasteiger partial charge in [-0.25, -0.2) is 0 Å². The number of aromatic nitrogens is 2. The van der Waals surface area contributed by atoms with Crippen LogP contribution in [-0.4, -0.2) is 37.8 Å². The van der Waals surface area contributed by atoms with Gasteiger partial charge in [0.15, 0.2) is 0 Å². The Hall–Kier alpha value is -0.910. The fourth-order valence-corrected chi connectivity index (χ4v) is 1.37. The second kappa shape index (κ2) is 4.95. The Morgan fingerprint density at radius 2 is 2.00 bits per heavy atom. The van der Waals surface area contributed by atoms with Gasteiger partial charge in [0.2, 0.25) is 0 Å². The average Bonchev–Trinajstić information content (AvgIpc) is 2.65. The summed E-state index contributed by atoms with van der Waals surface area (Å²) in [6, 6.07) is 0. The van der Waals surface area contributed by atoms with E-state index in [2.05, 4.69) is 5.10 Å². The summed E-state index contributed by atoms with van der Waals surface area (Å²) in [6.07, 6.45) is 1.45. The minimum absolute atomic E-state index is 0.147. The number of hydrogen-bond donors (Lipinski definition) is 3. The third-order valence-electron chi connectivity index (χ3n) is 2.42. The monoisotopic (exact) mass is 228 g/mol. The van der Waals surface area contributed by atoms with Gasteiger partial charge in [-0.3, -0.25) is 4.68 Å². The first-order chi connectivity index (χ1) is 7.36. The molecule has 0 amide bonds. The highest BCUT2D eigenvalue weighted by Crippen LogP contribution is 2.21. The van der Waals surface area contributed by atoms with Crippen LogP contribution in [0, 0.1) is 0 Å². The molecule has 1 rings (SSSR count). The Bertz CT molecular complexity index is 330. The summed E-state index contributed by atoms with van der Waals surface area (Å²) in [6.45, 7) is 5.85. The van der Waals surface area contributed by atoms with Crippen LogP contribution in [0.5, 0.6) is 0 Å². The Morgan fingerprint density at radius 3 is 2.44 bits per heavy atom. The lowest BCUT2D eigenvalue weighted by molar-refractivity contribution is 0.00411. The fourth-order valence-electron chi connectivity index (χ4n) is 1.37. The first-order valence-corrected chi connectivity index (χ1v) is 5.38. The number of rotatable bonds is 4.